The van der Waals surface area contributed by atoms with Crippen LogP contribution < -0.4 is 5.32 Å². The minimum absolute atomic E-state index is 0.443. The van der Waals surface area contributed by atoms with Gasteiger partial charge in [0.2, 0.25) is 6.29 Å². The molecule has 0 spiro atoms. The van der Waals surface area contributed by atoms with Gasteiger partial charge in [0.1, 0.15) is 0 Å². The third-order valence-corrected chi connectivity index (χ3v) is 3.13. The summed E-state index contributed by atoms with van der Waals surface area (Å²) < 4.78 is 9.85. The molecular formula is C13H23NO4. The van der Waals surface area contributed by atoms with Gasteiger partial charge in [-0.1, -0.05) is 26.2 Å². The molecule has 0 aliphatic heterocycles. The van der Waals surface area contributed by atoms with E-state index in [2.05, 4.69) is 5.32 Å². The van der Waals surface area contributed by atoms with Gasteiger partial charge in [-0.05, 0) is 18.8 Å². The van der Waals surface area contributed by atoms with Crippen LogP contribution in [0.1, 0.15) is 52.4 Å². The number of hydrogen-bond donors (Lipinski definition) is 1. The highest BCUT2D eigenvalue weighted by Crippen LogP contribution is 2.22. The van der Waals surface area contributed by atoms with Gasteiger partial charge in [-0.2, -0.15) is 0 Å². The number of esters is 1. The first-order chi connectivity index (χ1) is 8.61. The van der Waals surface area contributed by atoms with E-state index in [0.29, 0.717) is 18.9 Å². The SMILES string of the molecule is CCC(OC(C)=O)OC(=O)NCC1CCCCC1. The van der Waals surface area contributed by atoms with Crippen molar-refractivity contribution in [2.24, 2.45) is 5.92 Å². The third kappa shape index (κ3) is 5.89. The van der Waals surface area contributed by atoms with Gasteiger partial charge >= 0.3 is 12.1 Å². The summed E-state index contributed by atoms with van der Waals surface area (Å²) in [5, 5.41) is 2.74. The lowest BCUT2D eigenvalue weighted by atomic mass is 9.89. The second-order valence-corrected chi connectivity index (χ2v) is 4.74. The van der Waals surface area contributed by atoms with E-state index in [4.69, 9.17) is 9.47 Å². The summed E-state index contributed by atoms with van der Waals surface area (Å²) in [6.07, 6.45) is 5.28. The molecule has 5 nitrogen and oxygen atoms in total. The van der Waals surface area contributed by atoms with Crippen molar-refractivity contribution in [1.82, 2.24) is 5.32 Å². The van der Waals surface area contributed by atoms with Crippen LogP contribution in [0.3, 0.4) is 0 Å². The maximum Gasteiger partial charge on any atom is 0.410 e. The molecule has 1 amide bonds. The molecule has 0 aromatic carbocycles. The number of amides is 1. The van der Waals surface area contributed by atoms with Gasteiger partial charge < -0.3 is 14.8 Å². The first-order valence-corrected chi connectivity index (χ1v) is 6.73. The van der Waals surface area contributed by atoms with Crippen molar-refractivity contribution in [3.8, 4) is 0 Å². The molecule has 1 aliphatic rings. The molecule has 1 aliphatic carbocycles. The summed E-state index contributed by atoms with van der Waals surface area (Å²) in [6, 6.07) is 0. The van der Waals surface area contributed by atoms with Crippen LogP contribution >= 0.6 is 0 Å². The zero-order valence-corrected chi connectivity index (χ0v) is 11.2. The van der Waals surface area contributed by atoms with Crippen molar-refractivity contribution in [3.05, 3.63) is 0 Å². The fourth-order valence-electron chi connectivity index (χ4n) is 2.16. The molecule has 0 saturated heterocycles. The summed E-state index contributed by atoms with van der Waals surface area (Å²) in [7, 11) is 0. The Morgan fingerprint density at radius 3 is 2.44 bits per heavy atom. The highest BCUT2D eigenvalue weighted by molar-refractivity contribution is 5.68. The molecule has 0 heterocycles. The first-order valence-electron chi connectivity index (χ1n) is 6.73. The van der Waals surface area contributed by atoms with Crippen molar-refractivity contribution >= 4 is 12.1 Å². The largest absolute Gasteiger partial charge is 0.425 e. The van der Waals surface area contributed by atoms with Crippen LogP contribution in [0.15, 0.2) is 0 Å². The molecule has 1 rings (SSSR count). The number of alkyl carbamates (subject to hydrolysis) is 1. The molecule has 5 heteroatoms. The molecule has 0 aromatic rings. The predicted molar refractivity (Wildman–Crippen MR) is 66.9 cm³/mol. The van der Waals surface area contributed by atoms with Crippen molar-refractivity contribution in [2.75, 3.05) is 6.54 Å². The average molecular weight is 257 g/mol. The van der Waals surface area contributed by atoms with Crippen LogP contribution in [0.5, 0.6) is 0 Å². The molecule has 18 heavy (non-hydrogen) atoms. The zero-order valence-electron chi connectivity index (χ0n) is 11.2. The summed E-state index contributed by atoms with van der Waals surface area (Å²) in [5.74, 6) is 0.113. The number of carbonyl (C=O) groups excluding carboxylic acids is 2. The van der Waals surface area contributed by atoms with Crippen LogP contribution in [-0.4, -0.2) is 24.9 Å². The van der Waals surface area contributed by atoms with Crippen LogP contribution in [0.4, 0.5) is 4.79 Å². The van der Waals surface area contributed by atoms with Crippen molar-refractivity contribution in [1.29, 1.82) is 0 Å². The molecule has 0 aromatic heterocycles. The smallest absolute Gasteiger partial charge is 0.410 e. The normalized spacial score (nSPS) is 17.9. The Morgan fingerprint density at radius 2 is 1.89 bits per heavy atom. The summed E-state index contributed by atoms with van der Waals surface area (Å²) >= 11 is 0. The monoisotopic (exact) mass is 257 g/mol. The lowest BCUT2D eigenvalue weighted by molar-refractivity contribution is -0.165. The van der Waals surface area contributed by atoms with Gasteiger partial charge in [0.05, 0.1) is 0 Å². The lowest BCUT2D eigenvalue weighted by Gasteiger charge is -2.22. The van der Waals surface area contributed by atoms with Crippen molar-refractivity contribution in [3.63, 3.8) is 0 Å². The van der Waals surface area contributed by atoms with Crippen molar-refractivity contribution < 1.29 is 19.1 Å². The number of rotatable bonds is 5. The van der Waals surface area contributed by atoms with E-state index >= 15 is 0 Å². The molecule has 1 fully saturated rings. The molecule has 104 valence electrons. The topological polar surface area (TPSA) is 64.6 Å². The molecule has 1 saturated carbocycles. The van der Waals surface area contributed by atoms with Gasteiger partial charge in [-0.3, -0.25) is 4.79 Å². The Bertz CT molecular complexity index is 274. The summed E-state index contributed by atoms with van der Waals surface area (Å²) in [6.45, 7) is 3.74. The summed E-state index contributed by atoms with van der Waals surface area (Å²) in [4.78, 5) is 22.3. The van der Waals surface area contributed by atoms with Gasteiger partial charge in [0.15, 0.2) is 0 Å². The average Bonchev–Trinajstić information content (AvgIpc) is 2.36. The Labute approximate surface area is 108 Å². The fourth-order valence-corrected chi connectivity index (χ4v) is 2.16. The molecule has 0 radical (unpaired) electrons. The molecule has 1 N–H and O–H groups in total. The van der Waals surface area contributed by atoms with E-state index in [1.807, 2.05) is 0 Å². The third-order valence-electron chi connectivity index (χ3n) is 3.13. The highest BCUT2D eigenvalue weighted by atomic mass is 16.7. The fraction of sp³-hybridized carbons (Fsp3) is 0.846. The second-order valence-electron chi connectivity index (χ2n) is 4.74. The summed E-state index contributed by atoms with van der Waals surface area (Å²) in [5.41, 5.74) is 0. The maximum absolute atomic E-state index is 11.5. The van der Waals surface area contributed by atoms with E-state index in [-0.39, 0.29) is 0 Å². The predicted octanol–water partition coefficient (Wildman–Crippen LogP) is 2.59. The second kappa shape index (κ2) is 7.95. The lowest BCUT2D eigenvalue weighted by Crippen LogP contribution is -2.34. The van der Waals surface area contributed by atoms with Crippen molar-refractivity contribution in [2.45, 2.75) is 58.7 Å². The molecular weight excluding hydrogens is 234 g/mol. The number of ether oxygens (including phenoxy) is 2. The highest BCUT2D eigenvalue weighted by Gasteiger charge is 2.17. The van der Waals surface area contributed by atoms with Gasteiger partial charge in [0, 0.05) is 19.9 Å². The van der Waals surface area contributed by atoms with Gasteiger partial charge in [-0.15, -0.1) is 0 Å². The van der Waals surface area contributed by atoms with Gasteiger partial charge in [-0.25, -0.2) is 4.79 Å². The number of carbonyl (C=O) groups is 2. The maximum atomic E-state index is 11.5. The van der Waals surface area contributed by atoms with Crippen LogP contribution in [0, 0.1) is 5.92 Å². The number of hydrogen-bond acceptors (Lipinski definition) is 4. The molecule has 1 atom stereocenters. The van der Waals surface area contributed by atoms with E-state index < -0.39 is 18.4 Å². The Kier molecular flexibility index (Phi) is 6.54. The van der Waals surface area contributed by atoms with E-state index in [9.17, 15) is 9.59 Å². The zero-order chi connectivity index (χ0) is 13.4. The van der Waals surface area contributed by atoms with E-state index in [1.165, 1.54) is 39.0 Å². The quantitative estimate of drug-likeness (QED) is 0.607. The van der Waals surface area contributed by atoms with E-state index in [0.717, 1.165) is 0 Å². The minimum atomic E-state index is -0.783. The Hall–Kier alpha value is -1.26. The first kappa shape index (κ1) is 14.8. The Balaban J connectivity index is 2.20. The molecule has 1 unspecified atom stereocenters. The minimum Gasteiger partial charge on any atom is -0.425 e. The van der Waals surface area contributed by atoms with Gasteiger partial charge in [0.25, 0.3) is 0 Å². The van der Waals surface area contributed by atoms with E-state index in [1.54, 1.807) is 6.92 Å². The van der Waals surface area contributed by atoms with Crippen LogP contribution in [0.25, 0.3) is 0 Å². The standard InChI is InChI=1S/C13H23NO4/c1-3-12(17-10(2)15)18-13(16)14-9-11-7-5-4-6-8-11/h11-12H,3-9H2,1-2H3,(H,14,16). The van der Waals surface area contributed by atoms with Crippen LogP contribution in [0.2, 0.25) is 0 Å². The molecule has 0 bridgehead atoms. The van der Waals surface area contributed by atoms with Crippen LogP contribution in [-0.2, 0) is 14.3 Å². The number of nitrogens with one attached hydrogen (secondary N) is 1. The Morgan fingerprint density at radius 1 is 1.22 bits per heavy atom.